The van der Waals surface area contributed by atoms with E-state index >= 15 is 0 Å². The quantitative estimate of drug-likeness (QED) is 0.416. The molecule has 4 heteroatoms. The minimum atomic E-state index is -2.43. The van der Waals surface area contributed by atoms with E-state index in [2.05, 4.69) is 18.8 Å². The predicted molar refractivity (Wildman–Crippen MR) is 107 cm³/mol. The number of aryl methyl sites for hydroxylation is 1. The third kappa shape index (κ3) is 11.2. The average molecular weight is 370 g/mol. The van der Waals surface area contributed by atoms with Crippen molar-refractivity contribution in [2.75, 3.05) is 0 Å². The molecule has 0 amide bonds. The Kier molecular flexibility index (Phi) is 12.1. The second-order valence-electron chi connectivity index (χ2n) is 7.14. The highest BCUT2D eigenvalue weighted by molar-refractivity contribution is 5.19. The zero-order valence-corrected chi connectivity index (χ0v) is 17.7. The fraction of sp³-hybridized carbons (Fsp3) is 0.682. The maximum absolute atomic E-state index is 13.0. The lowest BCUT2D eigenvalue weighted by atomic mass is 9.97. The minimum absolute atomic E-state index is 0.0590. The van der Waals surface area contributed by atoms with Gasteiger partial charge in [0.25, 0.3) is 0 Å². The van der Waals surface area contributed by atoms with E-state index in [-0.39, 0.29) is 18.8 Å². The largest absolute Gasteiger partial charge is 0.444 e. The Hall–Kier alpha value is -1.45. The van der Waals surface area contributed by atoms with Crippen LogP contribution in [0.25, 0.3) is 0 Å². The van der Waals surface area contributed by atoms with Gasteiger partial charge in [0.05, 0.1) is 0 Å². The number of hydrogen-bond donors (Lipinski definition) is 0. The average Bonchev–Trinajstić information content (AvgIpc) is 2.61. The molecule has 1 aromatic heterocycles. The molecule has 0 aliphatic carbocycles. The molecule has 0 saturated heterocycles. The van der Waals surface area contributed by atoms with E-state index in [9.17, 15) is 8.78 Å². The van der Waals surface area contributed by atoms with Gasteiger partial charge in [0, 0.05) is 25.1 Å². The molecule has 2 nitrogen and oxygen atoms in total. The lowest BCUT2D eigenvalue weighted by Crippen LogP contribution is -2.19. The van der Waals surface area contributed by atoms with E-state index in [4.69, 9.17) is 4.74 Å². The van der Waals surface area contributed by atoms with E-state index in [0.29, 0.717) is 12.3 Å². The van der Waals surface area contributed by atoms with Gasteiger partial charge in [-0.1, -0.05) is 46.6 Å². The number of ether oxygens (including phenoxy) is 1. The Labute approximate surface area is 159 Å². The molecular formula is C22H37F2NO. The molecule has 1 atom stereocenters. The van der Waals surface area contributed by atoms with Crippen LogP contribution in [-0.2, 0) is 0 Å². The van der Waals surface area contributed by atoms with Gasteiger partial charge in [0.15, 0.2) is 0 Å². The van der Waals surface area contributed by atoms with E-state index < -0.39 is 5.92 Å². The fourth-order valence-corrected chi connectivity index (χ4v) is 2.20. The number of unbranched alkanes of at least 4 members (excludes halogenated alkanes) is 1. The van der Waals surface area contributed by atoms with Gasteiger partial charge in [-0.05, 0) is 50.7 Å². The molecule has 0 aromatic carbocycles. The highest BCUT2D eigenvalue weighted by Crippen LogP contribution is 2.29. The molecule has 0 N–H and O–H groups in total. The van der Waals surface area contributed by atoms with Gasteiger partial charge in [0.2, 0.25) is 11.8 Å². The normalized spacial score (nSPS) is 13.4. The number of alkyl halides is 2. The topological polar surface area (TPSA) is 22.1 Å². The molecule has 0 saturated carbocycles. The summed E-state index contributed by atoms with van der Waals surface area (Å²) in [5.41, 5.74) is 2.40. The van der Waals surface area contributed by atoms with Gasteiger partial charge in [-0.25, -0.2) is 13.8 Å². The lowest BCUT2D eigenvalue weighted by Gasteiger charge is -2.19. The van der Waals surface area contributed by atoms with Crippen LogP contribution in [0.4, 0.5) is 8.78 Å². The van der Waals surface area contributed by atoms with Crippen molar-refractivity contribution in [2.45, 2.75) is 92.9 Å². The van der Waals surface area contributed by atoms with E-state index in [1.807, 2.05) is 52.9 Å². The molecule has 0 bridgehead atoms. The van der Waals surface area contributed by atoms with Gasteiger partial charge >= 0.3 is 0 Å². The molecule has 150 valence electrons. The molecule has 1 rings (SSSR count). The third-order valence-corrected chi connectivity index (χ3v) is 4.51. The minimum Gasteiger partial charge on any atom is -0.444 e. The molecule has 1 unspecified atom stereocenters. The van der Waals surface area contributed by atoms with Crippen LogP contribution in [0.1, 0.15) is 85.6 Å². The van der Waals surface area contributed by atoms with Crippen molar-refractivity contribution < 1.29 is 13.5 Å². The first-order chi connectivity index (χ1) is 12.1. The van der Waals surface area contributed by atoms with Crippen LogP contribution in [0.15, 0.2) is 29.7 Å². The number of nitrogens with zero attached hydrogens (tertiary/aromatic N) is 1. The fourth-order valence-electron chi connectivity index (χ4n) is 2.20. The number of hydrogen-bond acceptors (Lipinski definition) is 2. The van der Waals surface area contributed by atoms with Crippen molar-refractivity contribution in [2.24, 2.45) is 5.92 Å². The predicted octanol–water partition coefficient (Wildman–Crippen LogP) is 7.72. The molecule has 0 fully saturated rings. The van der Waals surface area contributed by atoms with Crippen LogP contribution in [0.2, 0.25) is 0 Å². The maximum atomic E-state index is 13.0. The number of halogens is 2. The molecule has 26 heavy (non-hydrogen) atoms. The third-order valence-electron chi connectivity index (χ3n) is 4.51. The Morgan fingerprint density at radius 3 is 2.31 bits per heavy atom. The summed E-state index contributed by atoms with van der Waals surface area (Å²) >= 11 is 0. The second kappa shape index (κ2) is 12.8. The molecule has 1 heterocycles. The van der Waals surface area contributed by atoms with E-state index in [1.165, 1.54) is 5.57 Å². The first kappa shape index (κ1) is 24.6. The Morgan fingerprint density at radius 1 is 1.19 bits per heavy atom. The van der Waals surface area contributed by atoms with Crippen molar-refractivity contribution >= 4 is 0 Å². The number of rotatable bonds is 9. The van der Waals surface area contributed by atoms with Crippen LogP contribution in [0.3, 0.4) is 0 Å². The molecule has 0 spiro atoms. The summed E-state index contributed by atoms with van der Waals surface area (Å²) < 4.78 is 31.7. The zero-order chi connectivity index (χ0) is 20.2. The summed E-state index contributed by atoms with van der Waals surface area (Å²) in [5, 5.41) is 0. The van der Waals surface area contributed by atoms with Crippen LogP contribution in [-0.4, -0.2) is 10.9 Å². The van der Waals surface area contributed by atoms with E-state index in [1.54, 1.807) is 0 Å². The van der Waals surface area contributed by atoms with Crippen molar-refractivity contribution in [1.82, 2.24) is 4.98 Å². The van der Waals surface area contributed by atoms with Crippen LogP contribution in [0, 0.1) is 12.8 Å². The first-order valence-corrected chi connectivity index (χ1v) is 9.79. The summed E-state index contributed by atoms with van der Waals surface area (Å²) in [7, 11) is 0. The Bertz CT molecular complexity index is 523. The van der Waals surface area contributed by atoms with Gasteiger partial charge in [-0.3, -0.25) is 0 Å². The SMILES string of the molecule is CC/C(C)=C(/C)Oc1ccc(C)cn1.CCCCC(F)(F)CC(C)CC. The zero-order valence-electron chi connectivity index (χ0n) is 17.7. The number of pyridine rings is 1. The molecule has 1 aromatic rings. The standard InChI is InChI=1S/C12H17NO.C10H20F2/c1-5-10(3)11(4)14-12-7-6-9(2)8-13-12;1-4-6-7-10(11,12)8-9(3)5-2/h6-8H,5H2,1-4H3;9H,4-8H2,1-3H3/b11-10-;. The molecule has 0 aliphatic rings. The van der Waals surface area contributed by atoms with Crippen molar-refractivity contribution in [3.05, 3.63) is 35.2 Å². The van der Waals surface area contributed by atoms with Gasteiger partial charge in [-0.2, -0.15) is 0 Å². The Balaban J connectivity index is 0.000000488. The smallest absolute Gasteiger partial charge is 0.248 e. The highest BCUT2D eigenvalue weighted by Gasteiger charge is 2.29. The highest BCUT2D eigenvalue weighted by atomic mass is 19.3. The number of allylic oxidation sites excluding steroid dienone is 2. The van der Waals surface area contributed by atoms with Crippen molar-refractivity contribution in [1.29, 1.82) is 0 Å². The van der Waals surface area contributed by atoms with Crippen LogP contribution >= 0.6 is 0 Å². The molecule has 0 aliphatic heterocycles. The van der Waals surface area contributed by atoms with Crippen molar-refractivity contribution in [3.8, 4) is 5.88 Å². The number of aromatic nitrogens is 1. The summed E-state index contributed by atoms with van der Waals surface area (Å²) in [5.74, 6) is -0.660. The van der Waals surface area contributed by atoms with Gasteiger partial charge < -0.3 is 4.74 Å². The maximum Gasteiger partial charge on any atom is 0.248 e. The van der Waals surface area contributed by atoms with Crippen molar-refractivity contribution in [3.63, 3.8) is 0 Å². The summed E-state index contributed by atoms with van der Waals surface area (Å²) in [6.45, 7) is 14.0. The molecule has 0 radical (unpaired) electrons. The Morgan fingerprint density at radius 2 is 1.85 bits per heavy atom. The van der Waals surface area contributed by atoms with Gasteiger partial charge in [-0.15, -0.1) is 0 Å². The summed E-state index contributed by atoms with van der Waals surface area (Å²) in [6.07, 6.45) is 5.29. The first-order valence-electron chi connectivity index (χ1n) is 9.79. The summed E-state index contributed by atoms with van der Waals surface area (Å²) in [6, 6.07) is 3.89. The van der Waals surface area contributed by atoms with Crippen LogP contribution in [0.5, 0.6) is 5.88 Å². The lowest BCUT2D eigenvalue weighted by molar-refractivity contribution is -0.0310. The van der Waals surface area contributed by atoms with Gasteiger partial charge in [0.1, 0.15) is 5.76 Å². The second-order valence-corrected chi connectivity index (χ2v) is 7.14. The summed E-state index contributed by atoms with van der Waals surface area (Å²) in [4.78, 5) is 4.18. The van der Waals surface area contributed by atoms with E-state index in [0.717, 1.165) is 30.6 Å². The monoisotopic (exact) mass is 369 g/mol. The van der Waals surface area contributed by atoms with Crippen LogP contribution < -0.4 is 4.74 Å². The molecular weight excluding hydrogens is 332 g/mol.